The molecule has 1 saturated heterocycles. The van der Waals surface area contributed by atoms with Gasteiger partial charge in [-0.3, -0.25) is 4.79 Å². The highest BCUT2D eigenvalue weighted by Crippen LogP contribution is 2.36. The second-order valence-corrected chi connectivity index (χ2v) is 8.62. The molecule has 1 fully saturated rings. The molecule has 2 aromatic rings. The van der Waals surface area contributed by atoms with Crippen molar-refractivity contribution in [2.45, 2.75) is 65.7 Å². The number of carbonyl (C=O) groups excluding carboxylic acids is 1. The van der Waals surface area contributed by atoms with Gasteiger partial charge in [-0.15, -0.1) is 0 Å². The third-order valence-electron chi connectivity index (χ3n) is 5.88. The molecule has 28 heavy (non-hydrogen) atoms. The van der Waals surface area contributed by atoms with E-state index in [0.717, 1.165) is 5.46 Å². The third-order valence-corrected chi connectivity index (χ3v) is 5.88. The number of benzene rings is 1. The van der Waals surface area contributed by atoms with Crippen LogP contribution in [0, 0.1) is 6.92 Å². The van der Waals surface area contributed by atoms with E-state index in [4.69, 9.17) is 14.0 Å². The fourth-order valence-corrected chi connectivity index (χ4v) is 3.56. The summed E-state index contributed by atoms with van der Waals surface area (Å²) in [7, 11) is 0.773. The first kappa shape index (κ1) is 20.6. The first-order valence-corrected chi connectivity index (χ1v) is 9.54. The summed E-state index contributed by atoms with van der Waals surface area (Å²) in [5.41, 5.74) is 1.03. The van der Waals surface area contributed by atoms with Gasteiger partial charge >= 0.3 is 13.1 Å². The molecule has 3 rings (SSSR count). The van der Waals surface area contributed by atoms with E-state index in [-0.39, 0.29) is 17.2 Å². The van der Waals surface area contributed by atoms with E-state index in [9.17, 15) is 9.59 Å². The quantitative estimate of drug-likeness (QED) is 0.600. The molecule has 1 aromatic heterocycles. The van der Waals surface area contributed by atoms with Crippen LogP contribution in [0.5, 0.6) is 0 Å². The molecule has 0 spiro atoms. The fourth-order valence-electron chi connectivity index (χ4n) is 3.56. The van der Waals surface area contributed by atoms with Crippen LogP contribution < -0.4 is 10.9 Å². The van der Waals surface area contributed by atoms with Gasteiger partial charge in [0, 0.05) is 17.0 Å². The Bertz CT molecular complexity index is 990. The molecule has 0 atom stereocenters. The van der Waals surface area contributed by atoms with Gasteiger partial charge in [0.15, 0.2) is 5.43 Å². The van der Waals surface area contributed by atoms with Gasteiger partial charge in [0.2, 0.25) is 0 Å². The van der Waals surface area contributed by atoms with Crippen molar-refractivity contribution in [2.75, 3.05) is 7.11 Å². The molecule has 7 heteroatoms. The van der Waals surface area contributed by atoms with Crippen molar-refractivity contribution < 1.29 is 18.8 Å². The zero-order chi connectivity index (χ0) is 21.0. The van der Waals surface area contributed by atoms with Crippen LogP contribution in [-0.4, -0.2) is 36.0 Å². The maximum absolute atomic E-state index is 12.9. The largest absolute Gasteiger partial charge is 0.494 e. The van der Waals surface area contributed by atoms with Crippen molar-refractivity contribution in [1.29, 1.82) is 0 Å². The molecule has 0 saturated carbocycles. The van der Waals surface area contributed by atoms with Crippen LogP contribution in [0.4, 0.5) is 0 Å². The van der Waals surface area contributed by atoms with Crippen LogP contribution in [0.3, 0.4) is 0 Å². The Morgan fingerprint density at radius 3 is 2.21 bits per heavy atom. The Balaban J connectivity index is 2.27. The predicted molar refractivity (Wildman–Crippen MR) is 110 cm³/mol. The summed E-state index contributed by atoms with van der Waals surface area (Å²) >= 11 is 0. The third kappa shape index (κ3) is 3.06. The number of hydrogen-bond acceptors (Lipinski definition) is 5. The number of aromatic nitrogens is 1. The van der Waals surface area contributed by atoms with Crippen molar-refractivity contribution in [3.8, 4) is 0 Å². The van der Waals surface area contributed by atoms with Crippen LogP contribution in [-0.2, 0) is 14.0 Å². The highest BCUT2D eigenvalue weighted by molar-refractivity contribution is 6.62. The highest BCUT2D eigenvalue weighted by atomic mass is 16.7. The summed E-state index contributed by atoms with van der Waals surface area (Å²) < 4.78 is 19.1. The molecular weight excluding hydrogens is 357 g/mol. The molecule has 0 N–H and O–H groups in total. The van der Waals surface area contributed by atoms with E-state index < -0.39 is 24.3 Å². The summed E-state index contributed by atoms with van der Waals surface area (Å²) in [6.07, 6.45) is 0. The lowest BCUT2D eigenvalue weighted by atomic mass is 9.78. The van der Waals surface area contributed by atoms with E-state index in [0.29, 0.717) is 16.5 Å². The maximum Gasteiger partial charge on any atom is 0.494 e. The van der Waals surface area contributed by atoms with Crippen molar-refractivity contribution in [3.63, 3.8) is 0 Å². The smallest absolute Gasteiger partial charge is 0.464 e. The summed E-state index contributed by atoms with van der Waals surface area (Å²) in [6, 6.07) is 5.47. The number of ether oxygens (including phenoxy) is 1. The van der Waals surface area contributed by atoms with Crippen molar-refractivity contribution in [3.05, 3.63) is 39.7 Å². The average molecular weight is 385 g/mol. The molecule has 2 heterocycles. The lowest BCUT2D eigenvalue weighted by molar-refractivity contribution is 0.00578. The average Bonchev–Trinajstić information content (AvgIpc) is 2.84. The lowest BCUT2D eigenvalue weighted by Crippen LogP contribution is -2.41. The number of fused-ring (bicyclic) bond motifs is 1. The van der Waals surface area contributed by atoms with Crippen LogP contribution in [0.2, 0.25) is 0 Å². The standard InChI is InChI=1S/C21H28BNO5/c1-12(2)23-16-11-14(22-27-20(4,5)21(6,7)28-22)9-10-15(16)18(24)13(3)17(23)19(25)26-8/h9-12H,1-8H3. The SMILES string of the molecule is COC(=O)c1c(C)c(=O)c2ccc(B3OC(C)(C)C(C)(C)O3)cc2n1C(C)C. The second-order valence-electron chi connectivity index (χ2n) is 8.62. The molecule has 0 bridgehead atoms. The summed E-state index contributed by atoms with van der Waals surface area (Å²) in [5.74, 6) is -0.522. The summed E-state index contributed by atoms with van der Waals surface area (Å²) in [5, 5.41) is 0.555. The summed E-state index contributed by atoms with van der Waals surface area (Å²) in [4.78, 5) is 25.3. The normalized spacial score (nSPS) is 18.1. The molecule has 1 aromatic carbocycles. The molecule has 6 nitrogen and oxygen atoms in total. The Hall–Kier alpha value is -2.12. The van der Waals surface area contributed by atoms with E-state index in [2.05, 4.69) is 0 Å². The zero-order valence-electron chi connectivity index (χ0n) is 17.9. The zero-order valence-corrected chi connectivity index (χ0v) is 17.9. The van der Waals surface area contributed by atoms with E-state index in [1.165, 1.54) is 7.11 Å². The topological polar surface area (TPSA) is 66.8 Å². The second kappa shape index (κ2) is 6.74. The molecular formula is C21H28BNO5. The minimum Gasteiger partial charge on any atom is -0.464 e. The Morgan fingerprint density at radius 2 is 1.71 bits per heavy atom. The number of rotatable bonds is 3. The highest BCUT2D eigenvalue weighted by Gasteiger charge is 2.51. The van der Waals surface area contributed by atoms with Crippen molar-refractivity contribution >= 4 is 29.5 Å². The van der Waals surface area contributed by atoms with Gasteiger partial charge in [0.25, 0.3) is 0 Å². The number of carbonyl (C=O) groups is 1. The molecule has 1 aliphatic heterocycles. The number of hydrogen-bond donors (Lipinski definition) is 0. The van der Waals surface area contributed by atoms with Crippen LogP contribution in [0.25, 0.3) is 10.9 Å². The Kier molecular flexibility index (Phi) is 4.96. The lowest BCUT2D eigenvalue weighted by Gasteiger charge is -2.32. The van der Waals surface area contributed by atoms with Crippen molar-refractivity contribution in [1.82, 2.24) is 4.57 Å². The van der Waals surface area contributed by atoms with Crippen LogP contribution >= 0.6 is 0 Å². The molecule has 0 radical (unpaired) electrons. The van der Waals surface area contributed by atoms with E-state index in [1.54, 1.807) is 13.0 Å². The fraction of sp³-hybridized carbons (Fsp3) is 0.524. The Morgan fingerprint density at radius 1 is 1.14 bits per heavy atom. The number of methoxy groups -OCH3 is 1. The maximum atomic E-state index is 12.9. The van der Waals surface area contributed by atoms with Crippen LogP contribution in [0.15, 0.2) is 23.0 Å². The number of pyridine rings is 1. The predicted octanol–water partition coefficient (Wildman–Crippen LogP) is 2.98. The number of nitrogens with zero attached hydrogens (tertiary/aromatic N) is 1. The van der Waals surface area contributed by atoms with Gasteiger partial charge in [-0.05, 0) is 66.1 Å². The van der Waals surface area contributed by atoms with E-state index >= 15 is 0 Å². The van der Waals surface area contributed by atoms with Crippen molar-refractivity contribution in [2.24, 2.45) is 0 Å². The van der Waals surface area contributed by atoms with Gasteiger partial charge < -0.3 is 18.6 Å². The molecule has 1 aliphatic rings. The molecule has 0 aliphatic carbocycles. The van der Waals surface area contributed by atoms with Gasteiger partial charge in [0.1, 0.15) is 5.69 Å². The van der Waals surface area contributed by atoms with E-state index in [1.807, 2.05) is 58.2 Å². The van der Waals surface area contributed by atoms with Gasteiger partial charge in [-0.2, -0.15) is 0 Å². The molecule has 0 unspecified atom stereocenters. The summed E-state index contributed by atoms with van der Waals surface area (Å²) in [6.45, 7) is 13.6. The first-order valence-electron chi connectivity index (χ1n) is 9.54. The minimum atomic E-state index is -0.548. The molecule has 0 amide bonds. The van der Waals surface area contributed by atoms with Gasteiger partial charge in [-0.1, -0.05) is 6.07 Å². The van der Waals surface area contributed by atoms with Crippen LogP contribution in [0.1, 0.15) is 63.6 Å². The Labute approximate surface area is 165 Å². The molecule has 150 valence electrons. The van der Waals surface area contributed by atoms with Gasteiger partial charge in [-0.25, -0.2) is 4.79 Å². The first-order chi connectivity index (χ1) is 12.9. The monoisotopic (exact) mass is 385 g/mol. The minimum absolute atomic E-state index is 0.0514. The number of esters is 1. The van der Waals surface area contributed by atoms with Gasteiger partial charge in [0.05, 0.1) is 23.8 Å².